The van der Waals surface area contributed by atoms with Gasteiger partial charge in [0.1, 0.15) is 5.15 Å². The molecule has 0 aliphatic heterocycles. The number of nitrogens with one attached hydrogen (secondary N) is 1. The molecule has 0 aliphatic rings. The van der Waals surface area contributed by atoms with Gasteiger partial charge in [0.2, 0.25) is 0 Å². The van der Waals surface area contributed by atoms with Gasteiger partial charge < -0.3 is 4.74 Å². The lowest BCUT2D eigenvalue weighted by Gasteiger charge is -2.08. The summed E-state index contributed by atoms with van der Waals surface area (Å²) in [7, 11) is 1.29. The Hall–Kier alpha value is -2.08. The molecule has 2 rings (SSSR count). The van der Waals surface area contributed by atoms with Gasteiger partial charge >= 0.3 is 5.69 Å². The summed E-state index contributed by atoms with van der Waals surface area (Å²) in [5.41, 5.74) is -0.870. The van der Waals surface area contributed by atoms with Gasteiger partial charge in [-0.2, -0.15) is 0 Å². The van der Waals surface area contributed by atoms with E-state index in [1.165, 1.54) is 26.2 Å². The van der Waals surface area contributed by atoms with Crippen LogP contribution in [0.2, 0.25) is 5.15 Å². The van der Waals surface area contributed by atoms with E-state index in [1.807, 2.05) is 0 Å². The van der Waals surface area contributed by atoms with Crippen LogP contribution < -0.4 is 16.0 Å². The molecule has 0 spiro atoms. The first-order valence-electron chi connectivity index (χ1n) is 5.31. The average Bonchev–Trinajstić information content (AvgIpc) is 2.38. The number of rotatable bonds is 2. The molecule has 0 unspecified atom stereocenters. The van der Waals surface area contributed by atoms with E-state index in [4.69, 9.17) is 16.3 Å². The molecule has 1 aromatic heterocycles. The first kappa shape index (κ1) is 13.4. The number of hydrogen-bond donors (Lipinski definition) is 1. The van der Waals surface area contributed by atoms with Crippen molar-refractivity contribution in [2.75, 3.05) is 7.11 Å². The molecule has 0 amide bonds. The first-order chi connectivity index (χ1) is 8.95. The molecule has 5 nitrogen and oxygen atoms in total. The van der Waals surface area contributed by atoms with Crippen LogP contribution in [0.25, 0.3) is 5.69 Å². The lowest BCUT2D eigenvalue weighted by Crippen LogP contribution is -2.35. The molecule has 0 atom stereocenters. The second-order valence-corrected chi connectivity index (χ2v) is 4.21. The van der Waals surface area contributed by atoms with Gasteiger partial charge in [0.25, 0.3) is 5.56 Å². The van der Waals surface area contributed by atoms with Crippen LogP contribution in [0.3, 0.4) is 0 Å². The maximum Gasteiger partial charge on any atom is 0.334 e. The van der Waals surface area contributed by atoms with Crippen molar-refractivity contribution >= 4 is 11.6 Å². The van der Waals surface area contributed by atoms with E-state index in [9.17, 15) is 14.0 Å². The molecule has 0 aliphatic carbocycles. The van der Waals surface area contributed by atoms with E-state index in [0.29, 0.717) is 0 Å². The van der Waals surface area contributed by atoms with E-state index in [-0.39, 0.29) is 22.2 Å². The highest BCUT2D eigenvalue weighted by atomic mass is 35.5. The summed E-state index contributed by atoms with van der Waals surface area (Å²) in [6, 6.07) is 3.69. The first-order valence-corrected chi connectivity index (χ1v) is 5.69. The highest BCUT2D eigenvalue weighted by Gasteiger charge is 2.12. The summed E-state index contributed by atoms with van der Waals surface area (Å²) in [6.07, 6.45) is 0. The maximum absolute atomic E-state index is 13.3. The van der Waals surface area contributed by atoms with Crippen LogP contribution in [-0.2, 0) is 0 Å². The second-order valence-electron chi connectivity index (χ2n) is 3.83. The lowest BCUT2D eigenvalue weighted by atomic mass is 10.2. The highest BCUT2D eigenvalue weighted by molar-refractivity contribution is 6.30. The average molecular weight is 285 g/mol. The molecule has 0 saturated carbocycles. The summed E-state index contributed by atoms with van der Waals surface area (Å²) >= 11 is 5.71. The summed E-state index contributed by atoms with van der Waals surface area (Å²) < 4.78 is 19.0. The van der Waals surface area contributed by atoms with Crippen LogP contribution in [0.5, 0.6) is 5.75 Å². The van der Waals surface area contributed by atoms with Crippen LogP contribution in [0, 0.1) is 12.7 Å². The summed E-state index contributed by atoms with van der Waals surface area (Å²) in [4.78, 5) is 26.1. The number of benzene rings is 1. The Morgan fingerprint density at radius 1 is 1.37 bits per heavy atom. The number of methoxy groups -OCH3 is 1. The third-order valence-corrected chi connectivity index (χ3v) is 3.04. The normalized spacial score (nSPS) is 10.5. The Balaban J connectivity index is 2.76. The largest absolute Gasteiger partial charge is 0.494 e. The summed E-state index contributed by atoms with van der Waals surface area (Å²) in [5.74, 6) is -0.641. The number of nitrogens with zero attached hydrogens (tertiary/aromatic N) is 1. The Morgan fingerprint density at radius 2 is 2.05 bits per heavy atom. The van der Waals surface area contributed by atoms with E-state index >= 15 is 0 Å². The molecule has 2 aromatic rings. The third-order valence-electron chi connectivity index (χ3n) is 2.67. The molecule has 0 fully saturated rings. The van der Waals surface area contributed by atoms with Gasteiger partial charge in [-0.25, -0.2) is 13.8 Å². The van der Waals surface area contributed by atoms with Gasteiger partial charge in [0.15, 0.2) is 11.6 Å². The number of aromatic nitrogens is 2. The van der Waals surface area contributed by atoms with E-state index in [0.717, 1.165) is 10.6 Å². The van der Waals surface area contributed by atoms with Gasteiger partial charge in [-0.15, -0.1) is 0 Å². The van der Waals surface area contributed by atoms with Crippen molar-refractivity contribution in [3.63, 3.8) is 0 Å². The van der Waals surface area contributed by atoms with Crippen molar-refractivity contribution in [1.82, 2.24) is 9.55 Å². The summed E-state index contributed by atoms with van der Waals surface area (Å²) in [6.45, 7) is 1.48. The fourth-order valence-electron chi connectivity index (χ4n) is 1.62. The topological polar surface area (TPSA) is 64.1 Å². The number of halogens is 2. The minimum atomic E-state index is -0.700. The maximum atomic E-state index is 13.3. The molecule has 0 radical (unpaired) electrons. The Labute approximate surface area is 112 Å². The van der Waals surface area contributed by atoms with E-state index in [1.54, 1.807) is 0 Å². The molecular weight excluding hydrogens is 275 g/mol. The Kier molecular flexibility index (Phi) is 3.44. The van der Waals surface area contributed by atoms with Gasteiger partial charge in [-0.3, -0.25) is 9.78 Å². The van der Waals surface area contributed by atoms with Crippen molar-refractivity contribution in [1.29, 1.82) is 0 Å². The lowest BCUT2D eigenvalue weighted by molar-refractivity contribution is 0.386. The Bertz CT molecular complexity index is 752. The van der Waals surface area contributed by atoms with Crippen molar-refractivity contribution in [3.8, 4) is 11.4 Å². The van der Waals surface area contributed by atoms with Crippen LogP contribution >= 0.6 is 11.6 Å². The van der Waals surface area contributed by atoms with Crippen molar-refractivity contribution < 1.29 is 9.13 Å². The van der Waals surface area contributed by atoms with Crippen molar-refractivity contribution in [3.05, 3.63) is 55.6 Å². The third kappa shape index (κ3) is 2.26. The zero-order valence-corrected chi connectivity index (χ0v) is 10.9. The van der Waals surface area contributed by atoms with Crippen LogP contribution in [0.15, 0.2) is 27.8 Å². The van der Waals surface area contributed by atoms with Crippen molar-refractivity contribution in [2.45, 2.75) is 6.92 Å². The molecule has 0 saturated heterocycles. The van der Waals surface area contributed by atoms with Crippen LogP contribution in [-0.4, -0.2) is 16.7 Å². The monoisotopic (exact) mass is 284 g/mol. The minimum Gasteiger partial charge on any atom is -0.494 e. The van der Waals surface area contributed by atoms with E-state index in [2.05, 4.69) is 4.98 Å². The molecule has 1 heterocycles. The highest BCUT2D eigenvalue weighted by Crippen LogP contribution is 2.19. The van der Waals surface area contributed by atoms with Gasteiger partial charge in [-0.05, 0) is 19.1 Å². The molecule has 19 heavy (non-hydrogen) atoms. The number of hydrogen-bond acceptors (Lipinski definition) is 3. The second kappa shape index (κ2) is 4.89. The fraction of sp³-hybridized carbons (Fsp3) is 0.167. The predicted molar refractivity (Wildman–Crippen MR) is 68.9 cm³/mol. The zero-order valence-electron chi connectivity index (χ0n) is 10.2. The smallest absolute Gasteiger partial charge is 0.334 e. The van der Waals surface area contributed by atoms with Crippen LogP contribution in [0.1, 0.15) is 5.56 Å². The van der Waals surface area contributed by atoms with Crippen molar-refractivity contribution in [2.24, 2.45) is 0 Å². The number of ether oxygens (including phenoxy) is 1. The molecular formula is C12H10ClFN2O3. The van der Waals surface area contributed by atoms with E-state index < -0.39 is 17.1 Å². The molecule has 0 bridgehead atoms. The number of H-pyrrole nitrogens is 1. The predicted octanol–water partition coefficient (Wildman–Crippen LogP) is 1.64. The fourth-order valence-corrected chi connectivity index (χ4v) is 1.78. The molecule has 7 heteroatoms. The van der Waals surface area contributed by atoms with Gasteiger partial charge in [0.05, 0.1) is 18.4 Å². The van der Waals surface area contributed by atoms with Gasteiger partial charge in [-0.1, -0.05) is 11.6 Å². The Morgan fingerprint density at radius 3 is 2.68 bits per heavy atom. The molecule has 1 aromatic carbocycles. The quantitative estimate of drug-likeness (QED) is 0.853. The molecule has 100 valence electrons. The minimum absolute atomic E-state index is 0.0136. The zero-order chi connectivity index (χ0) is 14.2. The standard InChI is InChI=1S/C12H10ClFN2O3/c1-6-10(13)15-12(18)16(11(6)17)7-3-4-8(14)9(5-7)19-2/h3-5H,1-2H3,(H,15,18). The SMILES string of the molecule is COc1cc(-n2c(=O)[nH]c(Cl)c(C)c2=O)ccc1F. The summed E-state index contributed by atoms with van der Waals surface area (Å²) in [5, 5.41) is -0.0136. The van der Waals surface area contributed by atoms with Gasteiger partial charge in [0, 0.05) is 6.07 Å². The molecule has 1 N–H and O–H groups in total. The van der Waals surface area contributed by atoms with Crippen LogP contribution in [0.4, 0.5) is 4.39 Å². The number of aromatic amines is 1.